The van der Waals surface area contributed by atoms with Crippen molar-refractivity contribution in [3.05, 3.63) is 24.3 Å². The summed E-state index contributed by atoms with van der Waals surface area (Å²) >= 11 is 3.99. The third-order valence-electron chi connectivity index (χ3n) is 2.11. The van der Waals surface area contributed by atoms with Crippen molar-refractivity contribution in [3.8, 4) is 5.75 Å². The fraction of sp³-hybridized carbons (Fsp3) is 0.538. The van der Waals surface area contributed by atoms with E-state index in [0.29, 0.717) is 0 Å². The lowest BCUT2D eigenvalue weighted by molar-refractivity contribution is 0.414. The Morgan fingerprint density at radius 2 is 1.81 bits per heavy atom. The van der Waals surface area contributed by atoms with E-state index in [1.807, 2.05) is 23.9 Å². The molecule has 3 heteroatoms. The highest BCUT2D eigenvalue weighted by Crippen LogP contribution is 2.22. The number of thioether (sulfide) groups is 2. The predicted molar refractivity (Wildman–Crippen MR) is 76.0 cm³/mol. The molecule has 0 aliphatic rings. The first kappa shape index (κ1) is 13.8. The molecule has 0 aromatic heterocycles. The highest BCUT2D eigenvalue weighted by atomic mass is 32.2. The van der Waals surface area contributed by atoms with Gasteiger partial charge < -0.3 is 4.74 Å². The van der Waals surface area contributed by atoms with Crippen molar-refractivity contribution in [3.63, 3.8) is 0 Å². The number of methoxy groups -OCH3 is 1. The molecule has 1 aromatic carbocycles. The zero-order chi connectivity index (χ0) is 11.6. The Morgan fingerprint density at radius 3 is 2.44 bits per heavy atom. The molecule has 0 unspecified atom stereocenters. The summed E-state index contributed by atoms with van der Waals surface area (Å²) in [5.74, 6) is 4.73. The van der Waals surface area contributed by atoms with Crippen molar-refractivity contribution >= 4 is 23.5 Å². The van der Waals surface area contributed by atoms with E-state index in [1.54, 1.807) is 7.11 Å². The molecule has 0 aliphatic heterocycles. The predicted octanol–water partition coefficient (Wildman–Crippen LogP) is 4.32. The second kappa shape index (κ2) is 8.82. The molecule has 1 aromatic rings. The Labute approximate surface area is 107 Å². The molecule has 0 saturated carbocycles. The van der Waals surface area contributed by atoms with Crippen LogP contribution >= 0.6 is 23.5 Å². The third kappa shape index (κ3) is 5.71. The summed E-state index contributed by atoms with van der Waals surface area (Å²) in [4.78, 5) is 1.33. The molecule has 90 valence electrons. The number of ether oxygens (including phenoxy) is 1. The molecule has 0 N–H and O–H groups in total. The maximum atomic E-state index is 5.13. The van der Waals surface area contributed by atoms with E-state index in [9.17, 15) is 0 Å². The van der Waals surface area contributed by atoms with Crippen LogP contribution in [0.1, 0.15) is 19.8 Å². The van der Waals surface area contributed by atoms with Gasteiger partial charge in [-0.15, -0.1) is 11.8 Å². The van der Waals surface area contributed by atoms with Gasteiger partial charge in [0.25, 0.3) is 0 Å². The average molecular weight is 256 g/mol. The smallest absolute Gasteiger partial charge is 0.118 e. The van der Waals surface area contributed by atoms with Gasteiger partial charge in [-0.05, 0) is 54.4 Å². The van der Waals surface area contributed by atoms with Crippen molar-refractivity contribution in [2.45, 2.75) is 24.7 Å². The normalized spacial score (nSPS) is 10.4. The van der Waals surface area contributed by atoms with Crippen LogP contribution in [0.3, 0.4) is 0 Å². The van der Waals surface area contributed by atoms with E-state index in [4.69, 9.17) is 4.74 Å². The first-order valence-electron chi connectivity index (χ1n) is 5.71. The Balaban J connectivity index is 2.12. The summed E-state index contributed by atoms with van der Waals surface area (Å²) in [6.45, 7) is 2.24. The van der Waals surface area contributed by atoms with Gasteiger partial charge in [-0.2, -0.15) is 11.8 Å². The zero-order valence-electron chi connectivity index (χ0n) is 10.1. The van der Waals surface area contributed by atoms with Gasteiger partial charge in [0.15, 0.2) is 0 Å². The molecule has 0 fully saturated rings. The monoisotopic (exact) mass is 256 g/mol. The molecule has 0 aliphatic carbocycles. The highest BCUT2D eigenvalue weighted by Gasteiger charge is 1.95. The molecule has 0 saturated heterocycles. The maximum absolute atomic E-state index is 5.13. The van der Waals surface area contributed by atoms with E-state index in [-0.39, 0.29) is 0 Å². The molecular weight excluding hydrogens is 236 g/mol. The first-order chi connectivity index (χ1) is 7.86. The Hall–Kier alpha value is -0.280. The Kier molecular flexibility index (Phi) is 7.60. The van der Waals surface area contributed by atoms with Gasteiger partial charge in [0, 0.05) is 4.90 Å². The maximum Gasteiger partial charge on any atom is 0.118 e. The summed E-state index contributed by atoms with van der Waals surface area (Å²) in [5.41, 5.74) is 0. The summed E-state index contributed by atoms with van der Waals surface area (Å²) in [6.07, 6.45) is 2.58. The van der Waals surface area contributed by atoms with Crippen LogP contribution in [-0.4, -0.2) is 24.4 Å². The van der Waals surface area contributed by atoms with Gasteiger partial charge in [0.05, 0.1) is 7.11 Å². The van der Waals surface area contributed by atoms with Gasteiger partial charge in [-0.1, -0.05) is 6.92 Å². The van der Waals surface area contributed by atoms with Crippen LogP contribution in [0.4, 0.5) is 0 Å². The fourth-order valence-electron chi connectivity index (χ4n) is 1.27. The van der Waals surface area contributed by atoms with Crippen molar-refractivity contribution < 1.29 is 4.74 Å². The van der Waals surface area contributed by atoms with E-state index >= 15 is 0 Å². The van der Waals surface area contributed by atoms with Gasteiger partial charge in [0.1, 0.15) is 5.75 Å². The van der Waals surface area contributed by atoms with Gasteiger partial charge in [0.2, 0.25) is 0 Å². The summed E-state index contributed by atoms with van der Waals surface area (Å²) in [6, 6.07) is 8.30. The van der Waals surface area contributed by atoms with Gasteiger partial charge in [-0.25, -0.2) is 0 Å². The molecule has 0 radical (unpaired) electrons. The number of benzene rings is 1. The molecule has 1 nitrogen and oxygen atoms in total. The molecule has 0 spiro atoms. The number of rotatable bonds is 8. The second-order valence-corrected chi connectivity index (χ2v) is 5.88. The average Bonchev–Trinajstić information content (AvgIpc) is 2.34. The Morgan fingerprint density at radius 1 is 1.06 bits per heavy atom. The van der Waals surface area contributed by atoms with Crippen LogP contribution in [0.15, 0.2) is 29.2 Å². The molecule has 0 atom stereocenters. The number of hydrogen-bond acceptors (Lipinski definition) is 3. The lowest BCUT2D eigenvalue weighted by Gasteiger charge is -2.03. The van der Waals surface area contributed by atoms with Crippen LogP contribution in [-0.2, 0) is 0 Å². The van der Waals surface area contributed by atoms with Crippen molar-refractivity contribution in [2.24, 2.45) is 0 Å². The highest BCUT2D eigenvalue weighted by molar-refractivity contribution is 8.00. The van der Waals surface area contributed by atoms with Crippen molar-refractivity contribution in [1.29, 1.82) is 0 Å². The molecular formula is C13H20OS2. The topological polar surface area (TPSA) is 9.23 Å². The zero-order valence-corrected chi connectivity index (χ0v) is 11.7. The minimum atomic E-state index is 0.933. The van der Waals surface area contributed by atoms with Crippen molar-refractivity contribution in [1.82, 2.24) is 0 Å². The van der Waals surface area contributed by atoms with Crippen molar-refractivity contribution in [2.75, 3.05) is 24.4 Å². The molecule has 1 rings (SSSR count). The lowest BCUT2D eigenvalue weighted by Crippen LogP contribution is -1.86. The number of hydrogen-bond donors (Lipinski definition) is 0. The van der Waals surface area contributed by atoms with Gasteiger partial charge in [-0.3, -0.25) is 0 Å². The SMILES string of the molecule is CCCSCCCSc1ccc(OC)cc1. The standard InChI is InChI=1S/C13H20OS2/c1-3-9-15-10-4-11-16-13-7-5-12(14-2)6-8-13/h5-8H,3-4,9-11H2,1-2H3. The molecule has 0 heterocycles. The van der Waals surface area contributed by atoms with E-state index < -0.39 is 0 Å². The lowest BCUT2D eigenvalue weighted by atomic mass is 10.3. The van der Waals surface area contributed by atoms with E-state index in [0.717, 1.165) is 5.75 Å². The van der Waals surface area contributed by atoms with Crippen LogP contribution in [0.25, 0.3) is 0 Å². The molecule has 16 heavy (non-hydrogen) atoms. The van der Waals surface area contributed by atoms with Crippen LogP contribution in [0, 0.1) is 0 Å². The third-order valence-corrected chi connectivity index (χ3v) is 4.48. The van der Waals surface area contributed by atoms with Crippen LogP contribution in [0.2, 0.25) is 0 Å². The Bertz CT molecular complexity index is 272. The van der Waals surface area contributed by atoms with Crippen LogP contribution in [0.5, 0.6) is 5.75 Å². The van der Waals surface area contributed by atoms with E-state index in [2.05, 4.69) is 30.8 Å². The van der Waals surface area contributed by atoms with E-state index in [1.165, 1.54) is 35.0 Å². The molecule has 0 bridgehead atoms. The quantitative estimate of drug-likeness (QED) is 0.506. The summed E-state index contributed by atoms with van der Waals surface area (Å²) < 4.78 is 5.13. The minimum absolute atomic E-state index is 0.933. The first-order valence-corrected chi connectivity index (χ1v) is 7.85. The molecule has 0 amide bonds. The largest absolute Gasteiger partial charge is 0.497 e. The van der Waals surface area contributed by atoms with Gasteiger partial charge >= 0.3 is 0 Å². The second-order valence-electron chi connectivity index (χ2n) is 3.49. The fourth-order valence-corrected chi connectivity index (χ4v) is 3.15. The summed E-state index contributed by atoms with van der Waals surface area (Å²) in [7, 11) is 1.70. The summed E-state index contributed by atoms with van der Waals surface area (Å²) in [5, 5.41) is 0. The minimum Gasteiger partial charge on any atom is -0.497 e. The van der Waals surface area contributed by atoms with Crippen LogP contribution < -0.4 is 4.74 Å².